The van der Waals surface area contributed by atoms with E-state index in [9.17, 15) is 14.0 Å². The molecule has 2 fully saturated rings. The zero-order chi connectivity index (χ0) is 29.6. The van der Waals surface area contributed by atoms with Gasteiger partial charge in [-0.05, 0) is 65.2 Å². The van der Waals surface area contributed by atoms with Crippen molar-refractivity contribution in [3.63, 3.8) is 0 Å². The number of hydrogen-bond donors (Lipinski definition) is 1. The summed E-state index contributed by atoms with van der Waals surface area (Å²) in [5.74, 6) is 0.839. The fraction of sp³-hybridized carbons (Fsp3) is 0.533. The normalized spacial score (nSPS) is 22.9. The third kappa shape index (κ3) is 5.66. The summed E-state index contributed by atoms with van der Waals surface area (Å²) < 4.78 is 39.3. The largest absolute Gasteiger partial charge is 0.490 e. The number of carbonyl (C=O) groups excluding carboxylic acids is 2. The Morgan fingerprint density at radius 2 is 2.02 bits per heavy atom. The molecule has 11 nitrogen and oxygen atoms in total. The average molecular weight is 582 g/mol. The van der Waals surface area contributed by atoms with Gasteiger partial charge in [0.2, 0.25) is 0 Å². The van der Waals surface area contributed by atoms with E-state index in [1.54, 1.807) is 19.2 Å². The molecule has 2 aromatic heterocycles. The fourth-order valence-electron chi connectivity index (χ4n) is 5.84. The van der Waals surface area contributed by atoms with Gasteiger partial charge in [0.1, 0.15) is 34.9 Å². The first-order valence-corrected chi connectivity index (χ1v) is 14.5. The van der Waals surface area contributed by atoms with Gasteiger partial charge in [-0.25, -0.2) is 23.5 Å². The van der Waals surface area contributed by atoms with E-state index in [1.165, 1.54) is 22.8 Å². The lowest BCUT2D eigenvalue weighted by molar-refractivity contribution is 0.0360. The van der Waals surface area contributed by atoms with Crippen LogP contribution >= 0.6 is 0 Å². The first-order valence-electron chi connectivity index (χ1n) is 14.5. The summed E-state index contributed by atoms with van der Waals surface area (Å²) in [7, 11) is 0. The Labute approximate surface area is 243 Å². The Bertz CT molecular complexity index is 1500. The topological polar surface area (TPSA) is 117 Å². The standard InChI is InChI=1S/C30H36FN5O6/c1-5-39-28(37)21-14-32-36-16-25-27(34-26(21)36)35(22-7-6-8-24(22)41-25)15-17-11-18(31)9-10-23(17)40-20-12-19(13-20)33-29(38)42-30(2,3)4/h9-11,14,16,19-20,22,24H,5-8,12-13,15H2,1-4H3,(H,33,38)/t19?,20?,22-,24+/m1/s1. The van der Waals surface area contributed by atoms with Gasteiger partial charge in [0.15, 0.2) is 17.2 Å². The number of benzene rings is 1. The molecule has 0 radical (unpaired) electrons. The Kier molecular flexibility index (Phi) is 7.32. The number of fused-ring (bicyclic) bond motifs is 3. The van der Waals surface area contributed by atoms with E-state index in [0.29, 0.717) is 47.9 Å². The number of amides is 1. The van der Waals surface area contributed by atoms with E-state index < -0.39 is 17.7 Å². The first-order chi connectivity index (χ1) is 20.1. The van der Waals surface area contributed by atoms with E-state index in [2.05, 4.69) is 15.3 Å². The maximum absolute atomic E-state index is 14.6. The van der Waals surface area contributed by atoms with Crippen LogP contribution in [0.2, 0.25) is 0 Å². The molecule has 3 aliphatic rings. The van der Waals surface area contributed by atoms with Gasteiger partial charge in [0.25, 0.3) is 0 Å². The summed E-state index contributed by atoms with van der Waals surface area (Å²) in [6.07, 6.45) is 6.60. The molecule has 6 rings (SSSR count). The molecule has 1 aromatic carbocycles. The summed E-state index contributed by atoms with van der Waals surface area (Å²) in [5.41, 5.74) is 0.744. The molecular weight excluding hydrogens is 545 g/mol. The monoisotopic (exact) mass is 581 g/mol. The van der Waals surface area contributed by atoms with Crippen molar-refractivity contribution in [1.29, 1.82) is 0 Å². The maximum atomic E-state index is 14.6. The van der Waals surface area contributed by atoms with Gasteiger partial charge in [-0.1, -0.05) is 0 Å². The van der Waals surface area contributed by atoms with E-state index in [1.807, 2.05) is 20.8 Å². The van der Waals surface area contributed by atoms with E-state index in [0.717, 1.165) is 19.3 Å². The second kappa shape index (κ2) is 11.0. The van der Waals surface area contributed by atoms with E-state index >= 15 is 0 Å². The smallest absolute Gasteiger partial charge is 0.407 e. The summed E-state index contributed by atoms with van der Waals surface area (Å²) in [6.45, 7) is 7.79. The van der Waals surface area contributed by atoms with Crippen molar-refractivity contribution in [2.75, 3.05) is 11.5 Å². The molecule has 0 spiro atoms. The van der Waals surface area contributed by atoms with Crippen molar-refractivity contribution in [1.82, 2.24) is 19.9 Å². The Balaban J connectivity index is 1.24. The highest BCUT2D eigenvalue weighted by atomic mass is 19.1. The van der Waals surface area contributed by atoms with Gasteiger partial charge < -0.3 is 29.2 Å². The van der Waals surface area contributed by atoms with Gasteiger partial charge in [-0.15, -0.1) is 0 Å². The van der Waals surface area contributed by atoms with Crippen LogP contribution in [0.1, 0.15) is 75.7 Å². The summed E-state index contributed by atoms with van der Waals surface area (Å²) in [6, 6.07) is 4.52. The zero-order valence-electron chi connectivity index (χ0n) is 24.3. The molecule has 224 valence electrons. The molecule has 2 aliphatic carbocycles. The van der Waals surface area contributed by atoms with Crippen molar-refractivity contribution in [3.8, 4) is 11.5 Å². The van der Waals surface area contributed by atoms with Crippen LogP contribution in [0.5, 0.6) is 11.5 Å². The molecular formula is C30H36FN5O6. The predicted octanol–water partition coefficient (Wildman–Crippen LogP) is 4.80. The summed E-state index contributed by atoms with van der Waals surface area (Å²) in [5, 5.41) is 7.17. The Morgan fingerprint density at radius 1 is 1.21 bits per heavy atom. The molecule has 1 N–H and O–H groups in total. The quantitative estimate of drug-likeness (QED) is 0.393. The lowest BCUT2D eigenvalue weighted by Gasteiger charge is -2.40. The Morgan fingerprint density at radius 3 is 2.79 bits per heavy atom. The minimum atomic E-state index is -0.567. The Hall–Kier alpha value is -4.09. The molecule has 3 heterocycles. The number of nitrogens with one attached hydrogen (secondary N) is 1. The number of nitrogens with zero attached hydrogens (tertiary/aromatic N) is 4. The van der Waals surface area contributed by atoms with Crippen LogP contribution in [0.25, 0.3) is 5.65 Å². The minimum Gasteiger partial charge on any atom is -0.490 e. The number of hydrogen-bond acceptors (Lipinski definition) is 9. The van der Waals surface area contributed by atoms with E-state index in [-0.39, 0.29) is 42.3 Å². The second-order valence-electron chi connectivity index (χ2n) is 12.1. The maximum Gasteiger partial charge on any atom is 0.407 e. The van der Waals surface area contributed by atoms with Crippen LogP contribution in [0, 0.1) is 5.82 Å². The SMILES string of the molecule is CCOC(=O)c1cnn2cc3c(nc12)N(Cc1cc(F)ccc1OC1CC(NC(=O)OC(C)(C)C)C1)[C@@H]1CCC[C@@H]1O3. The predicted molar refractivity (Wildman–Crippen MR) is 150 cm³/mol. The molecule has 0 bridgehead atoms. The highest BCUT2D eigenvalue weighted by molar-refractivity contribution is 5.96. The average Bonchev–Trinajstić information content (AvgIpc) is 3.53. The molecule has 1 aliphatic heterocycles. The number of carbonyl (C=O) groups is 2. The van der Waals surface area contributed by atoms with Crippen LogP contribution < -0.4 is 19.7 Å². The molecule has 2 saturated carbocycles. The number of aromatic nitrogens is 3. The first kappa shape index (κ1) is 28.0. The number of halogens is 1. The molecule has 3 aromatic rings. The highest BCUT2D eigenvalue weighted by Crippen LogP contribution is 2.43. The summed E-state index contributed by atoms with van der Waals surface area (Å²) >= 11 is 0. The van der Waals surface area contributed by atoms with Crippen molar-refractivity contribution < 1.29 is 32.9 Å². The summed E-state index contributed by atoms with van der Waals surface area (Å²) in [4.78, 5) is 31.6. The zero-order valence-corrected chi connectivity index (χ0v) is 24.3. The molecule has 0 saturated heterocycles. The number of anilines is 1. The highest BCUT2D eigenvalue weighted by Gasteiger charge is 2.41. The van der Waals surface area contributed by atoms with Crippen molar-refractivity contribution in [3.05, 3.63) is 47.5 Å². The number of esters is 1. The van der Waals surface area contributed by atoms with Crippen molar-refractivity contribution in [2.45, 2.75) is 96.2 Å². The van der Waals surface area contributed by atoms with Crippen LogP contribution in [-0.2, 0) is 16.0 Å². The van der Waals surface area contributed by atoms with Gasteiger partial charge in [-0.3, -0.25) is 0 Å². The van der Waals surface area contributed by atoms with Crippen LogP contribution in [0.4, 0.5) is 15.0 Å². The number of rotatable bonds is 7. The second-order valence-corrected chi connectivity index (χ2v) is 12.1. The minimum absolute atomic E-state index is 0.0312. The molecule has 42 heavy (non-hydrogen) atoms. The molecule has 2 atom stereocenters. The molecule has 1 amide bonds. The third-order valence-electron chi connectivity index (χ3n) is 7.78. The van der Waals surface area contributed by atoms with Crippen LogP contribution in [-0.4, -0.2) is 63.2 Å². The molecule has 12 heteroatoms. The van der Waals surface area contributed by atoms with Gasteiger partial charge in [0, 0.05) is 31.0 Å². The van der Waals surface area contributed by atoms with E-state index in [4.69, 9.17) is 23.9 Å². The van der Waals surface area contributed by atoms with Crippen LogP contribution in [0.3, 0.4) is 0 Å². The lowest BCUT2D eigenvalue weighted by atomic mass is 9.89. The van der Waals surface area contributed by atoms with Gasteiger partial charge in [-0.2, -0.15) is 5.10 Å². The van der Waals surface area contributed by atoms with Gasteiger partial charge >= 0.3 is 12.1 Å². The fourth-order valence-corrected chi connectivity index (χ4v) is 5.84. The van der Waals surface area contributed by atoms with Crippen molar-refractivity contribution in [2.24, 2.45) is 0 Å². The van der Waals surface area contributed by atoms with Crippen LogP contribution in [0.15, 0.2) is 30.6 Å². The third-order valence-corrected chi connectivity index (χ3v) is 7.78. The van der Waals surface area contributed by atoms with Crippen molar-refractivity contribution >= 4 is 23.5 Å². The van der Waals surface area contributed by atoms with Gasteiger partial charge in [0.05, 0.1) is 25.0 Å². The lowest BCUT2D eigenvalue weighted by Crippen LogP contribution is -2.50. The number of ether oxygens (including phenoxy) is 4. The number of alkyl carbamates (subject to hydrolysis) is 1. The molecule has 0 unspecified atom stereocenters.